The lowest BCUT2D eigenvalue weighted by molar-refractivity contribution is -0.114. The zero-order chi connectivity index (χ0) is 16.7. The van der Waals surface area contributed by atoms with Gasteiger partial charge in [-0.15, -0.1) is 10.2 Å². The van der Waals surface area contributed by atoms with Crippen molar-refractivity contribution in [3.8, 4) is 0 Å². The molecule has 0 fully saturated rings. The van der Waals surface area contributed by atoms with Gasteiger partial charge in [0, 0.05) is 28.4 Å². The van der Waals surface area contributed by atoms with Gasteiger partial charge in [0.15, 0.2) is 17.9 Å². The standard InChI is InChI=1S/C14H28N4O4/c1-8-11(14(21-6)22-7)17-18-12(9(2)19-4)15-16-13(18)10(3)20-5/h9-11,14,17H,8H2,1-7H3/t9?,10?,11-/m1/s1. The Morgan fingerprint density at radius 2 is 1.36 bits per heavy atom. The molecule has 128 valence electrons. The van der Waals surface area contributed by atoms with Crippen molar-refractivity contribution in [2.45, 2.75) is 51.7 Å². The summed E-state index contributed by atoms with van der Waals surface area (Å²) in [7, 11) is 6.49. The van der Waals surface area contributed by atoms with Crippen LogP contribution in [0.1, 0.15) is 51.0 Å². The first-order valence-electron chi connectivity index (χ1n) is 7.36. The summed E-state index contributed by atoms with van der Waals surface area (Å²) in [6.45, 7) is 5.87. The fourth-order valence-corrected chi connectivity index (χ4v) is 2.11. The predicted molar refractivity (Wildman–Crippen MR) is 82.1 cm³/mol. The van der Waals surface area contributed by atoms with Crippen molar-refractivity contribution < 1.29 is 18.9 Å². The first kappa shape index (κ1) is 18.8. The average Bonchev–Trinajstić information content (AvgIpc) is 2.96. The third kappa shape index (κ3) is 4.16. The van der Waals surface area contributed by atoms with E-state index in [0.717, 1.165) is 6.42 Å². The van der Waals surface area contributed by atoms with Crippen LogP contribution in [0.15, 0.2) is 0 Å². The molecule has 0 aliphatic rings. The predicted octanol–water partition coefficient (Wildman–Crippen LogP) is 1.63. The molecule has 1 N–H and O–H groups in total. The van der Waals surface area contributed by atoms with E-state index < -0.39 is 0 Å². The second kappa shape index (κ2) is 9.04. The number of rotatable bonds is 10. The first-order valence-corrected chi connectivity index (χ1v) is 7.36. The summed E-state index contributed by atoms with van der Waals surface area (Å²) in [6, 6.07) is -0.0726. The lowest BCUT2D eigenvalue weighted by Crippen LogP contribution is -2.41. The molecule has 8 nitrogen and oxygen atoms in total. The molecular weight excluding hydrogens is 288 g/mol. The van der Waals surface area contributed by atoms with E-state index in [-0.39, 0.29) is 24.5 Å². The van der Waals surface area contributed by atoms with Crippen LogP contribution in [0, 0.1) is 0 Å². The van der Waals surface area contributed by atoms with E-state index in [4.69, 9.17) is 18.9 Å². The van der Waals surface area contributed by atoms with Crippen molar-refractivity contribution in [2.24, 2.45) is 0 Å². The number of methoxy groups -OCH3 is 4. The van der Waals surface area contributed by atoms with E-state index in [0.29, 0.717) is 11.6 Å². The summed E-state index contributed by atoms with van der Waals surface area (Å²) in [4.78, 5) is 0. The van der Waals surface area contributed by atoms with Gasteiger partial charge in [-0.25, -0.2) is 4.68 Å². The smallest absolute Gasteiger partial charge is 0.180 e. The molecule has 3 atom stereocenters. The van der Waals surface area contributed by atoms with Crippen LogP contribution in [0.25, 0.3) is 0 Å². The molecule has 1 rings (SSSR count). The molecule has 0 amide bonds. The lowest BCUT2D eigenvalue weighted by atomic mass is 10.2. The molecule has 0 spiro atoms. The molecule has 1 aromatic rings. The Morgan fingerprint density at radius 1 is 0.909 bits per heavy atom. The molecule has 0 saturated carbocycles. The van der Waals surface area contributed by atoms with Gasteiger partial charge in [0.1, 0.15) is 12.2 Å². The van der Waals surface area contributed by atoms with Gasteiger partial charge in [-0.2, -0.15) is 0 Å². The SMILES string of the molecule is CC[C@@H](Nn1c(C(C)OC)nnc1C(C)OC)C(OC)OC. The molecule has 8 heteroatoms. The summed E-state index contributed by atoms with van der Waals surface area (Å²) >= 11 is 0. The van der Waals surface area contributed by atoms with E-state index in [1.54, 1.807) is 28.4 Å². The maximum Gasteiger partial charge on any atom is 0.180 e. The molecule has 0 radical (unpaired) electrons. The lowest BCUT2D eigenvalue weighted by Gasteiger charge is -2.28. The Labute approximate surface area is 132 Å². The molecule has 2 unspecified atom stereocenters. The largest absolute Gasteiger partial charge is 0.374 e. The molecule has 1 heterocycles. The molecule has 0 aliphatic carbocycles. The Kier molecular flexibility index (Phi) is 7.74. The highest BCUT2D eigenvalue weighted by atomic mass is 16.7. The normalized spacial score (nSPS) is 15.8. The molecule has 0 aliphatic heterocycles. The number of nitrogens with one attached hydrogen (secondary N) is 1. The summed E-state index contributed by atoms with van der Waals surface area (Å²) in [5.41, 5.74) is 3.36. The van der Waals surface area contributed by atoms with Gasteiger partial charge in [0.25, 0.3) is 0 Å². The number of ether oxygens (including phenoxy) is 4. The monoisotopic (exact) mass is 316 g/mol. The van der Waals surface area contributed by atoms with Gasteiger partial charge >= 0.3 is 0 Å². The summed E-state index contributed by atoms with van der Waals surface area (Å²) in [5.74, 6) is 1.34. The summed E-state index contributed by atoms with van der Waals surface area (Å²) in [6.07, 6.45) is -0.00641. The van der Waals surface area contributed by atoms with Gasteiger partial charge < -0.3 is 24.4 Å². The quantitative estimate of drug-likeness (QED) is 0.657. The average molecular weight is 316 g/mol. The fraction of sp³-hybridized carbons (Fsp3) is 0.857. The number of hydrogen-bond donors (Lipinski definition) is 1. The van der Waals surface area contributed by atoms with Crippen LogP contribution >= 0.6 is 0 Å². The maximum absolute atomic E-state index is 5.37. The second-order valence-electron chi connectivity index (χ2n) is 4.99. The van der Waals surface area contributed by atoms with Crippen molar-refractivity contribution in [1.82, 2.24) is 14.9 Å². The highest BCUT2D eigenvalue weighted by molar-refractivity contribution is 5.06. The van der Waals surface area contributed by atoms with Crippen molar-refractivity contribution in [1.29, 1.82) is 0 Å². The number of nitrogens with zero attached hydrogens (tertiary/aromatic N) is 3. The number of hydrogen-bond acceptors (Lipinski definition) is 7. The Balaban J connectivity index is 3.14. The van der Waals surface area contributed by atoms with Gasteiger partial charge in [0.05, 0.1) is 6.04 Å². The fourth-order valence-electron chi connectivity index (χ4n) is 2.11. The van der Waals surface area contributed by atoms with Crippen LogP contribution in [0.5, 0.6) is 0 Å². The molecule has 22 heavy (non-hydrogen) atoms. The highest BCUT2D eigenvalue weighted by Gasteiger charge is 2.26. The Morgan fingerprint density at radius 3 is 1.68 bits per heavy atom. The van der Waals surface area contributed by atoms with Crippen molar-refractivity contribution >= 4 is 0 Å². The zero-order valence-electron chi connectivity index (χ0n) is 14.5. The van der Waals surface area contributed by atoms with E-state index in [2.05, 4.69) is 15.6 Å². The summed E-state index contributed by atoms with van der Waals surface area (Å²) in [5, 5.41) is 8.44. The van der Waals surface area contributed by atoms with Crippen molar-refractivity contribution in [2.75, 3.05) is 33.9 Å². The first-order chi connectivity index (χ1) is 10.5. The van der Waals surface area contributed by atoms with Gasteiger partial charge in [0.2, 0.25) is 0 Å². The molecule has 0 saturated heterocycles. The molecule has 0 bridgehead atoms. The van der Waals surface area contributed by atoms with Gasteiger partial charge in [-0.3, -0.25) is 0 Å². The third-order valence-electron chi connectivity index (χ3n) is 3.68. The van der Waals surface area contributed by atoms with Crippen molar-refractivity contribution in [3.63, 3.8) is 0 Å². The van der Waals surface area contributed by atoms with Crippen LogP contribution < -0.4 is 5.43 Å². The van der Waals surface area contributed by atoms with Crippen LogP contribution in [-0.2, 0) is 18.9 Å². The van der Waals surface area contributed by atoms with Crippen LogP contribution in [-0.4, -0.2) is 55.6 Å². The molecular formula is C14H28N4O4. The Hall–Kier alpha value is -1.22. The van der Waals surface area contributed by atoms with Gasteiger partial charge in [-0.1, -0.05) is 6.92 Å². The van der Waals surface area contributed by atoms with Crippen LogP contribution in [0.2, 0.25) is 0 Å². The number of aromatic nitrogens is 3. The minimum atomic E-state index is -0.385. The maximum atomic E-state index is 5.37. The van der Waals surface area contributed by atoms with Crippen molar-refractivity contribution in [3.05, 3.63) is 11.6 Å². The highest BCUT2D eigenvalue weighted by Crippen LogP contribution is 2.20. The summed E-state index contributed by atoms with van der Waals surface area (Å²) < 4.78 is 23.2. The molecule has 1 aromatic heterocycles. The van der Waals surface area contributed by atoms with E-state index in [1.807, 2.05) is 25.4 Å². The topological polar surface area (TPSA) is 79.7 Å². The minimum Gasteiger partial charge on any atom is -0.374 e. The van der Waals surface area contributed by atoms with E-state index in [9.17, 15) is 0 Å². The van der Waals surface area contributed by atoms with E-state index >= 15 is 0 Å². The third-order valence-corrected chi connectivity index (χ3v) is 3.68. The zero-order valence-corrected chi connectivity index (χ0v) is 14.5. The van der Waals surface area contributed by atoms with Gasteiger partial charge in [-0.05, 0) is 20.3 Å². The second-order valence-corrected chi connectivity index (χ2v) is 4.99. The van der Waals surface area contributed by atoms with Crippen LogP contribution in [0.3, 0.4) is 0 Å². The van der Waals surface area contributed by atoms with E-state index in [1.165, 1.54) is 0 Å². The van der Waals surface area contributed by atoms with Crippen LogP contribution in [0.4, 0.5) is 0 Å². The minimum absolute atomic E-state index is 0.0726. The molecule has 0 aromatic carbocycles. The Bertz CT molecular complexity index is 409.